The second-order valence-corrected chi connectivity index (χ2v) is 7.86. The van der Waals surface area contributed by atoms with E-state index in [1.54, 1.807) is 30.3 Å². The van der Waals surface area contributed by atoms with Gasteiger partial charge < -0.3 is 9.47 Å². The number of carbonyl (C=O) groups excluding carboxylic acids is 2. The summed E-state index contributed by atoms with van der Waals surface area (Å²) in [4.78, 5) is 24.5. The number of carbonyl (C=O) groups is 2. The van der Waals surface area contributed by atoms with Gasteiger partial charge in [-0.2, -0.15) is 0 Å². The van der Waals surface area contributed by atoms with Gasteiger partial charge in [-0.05, 0) is 47.8 Å². The van der Waals surface area contributed by atoms with Gasteiger partial charge in [0.05, 0.1) is 6.61 Å². The molecule has 0 radical (unpaired) electrons. The fraction of sp³-hybridized carbons (Fsp3) is 0.208. The number of hydrazine groups is 1. The summed E-state index contributed by atoms with van der Waals surface area (Å²) in [6.07, 6.45) is 0. The number of ether oxygens (including phenoxy) is 2. The predicted octanol–water partition coefficient (Wildman–Crippen LogP) is 3.59. The van der Waals surface area contributed by atoms with Gasteiger partial charge in [0, 0.05) is 10.9 Å². The largest absolute Gasteiger partial charge is 0.493 e. The van der Waals surface area contributed by atoms with E-state index in [1.165, 1.54) is 0 Å². The van der Waals surface area contributed by atoms with Gasteiger partial charge in [0.1, 0.15) is 11.5 Å². The van der Waals surface area contributed by atoms with Crippen LogP contribution in [0.15, 0.2) is 66.7 Å². The highest BCUT2D eigenvalue weighted by molar-refractivity contribution is 7.80. The van der Waals surface area contributed by atoms with E-state index in [0.717, 1.165) is 10.8 Å². The van der Waals surface area contributed by atoms with Crippen molar-refractivity contribution in [3.63, 3.8) is 0 Å². The Kier molecular flexibility index (Phi) is 7.99. The summed E-state index contributed by atoms with van der Waals surface area (Å²) in [7, 11) is 0. The first-order valence-corrected chi connectivity index (χ1v) is 10.6. The number of amides is 2. The molecule has 0 bridgehead atoms. The molecule has 0 atom stereocenters. The zero-order valence-corrected chi connectivity index (χ0v) is 18.7. The van der Waals surface area contributed by atoms with E-state index < -0.39 is 11.8 Å². The zero-order valence-electron chi connectivity index (χ0n) is 17.9. The van der Waals surface area contributed by atoms with E-state index in [-0.39, 0.29) is 11.7 Å². The number of hydrogen-bond acceptors (Lipinski definition) is 5. The van der Waals surface area contributed by atoms with E-state index in [0.29, 0.717) is 29.6 Å². The Hall–Kier alpha value is -3.65. The number of fused-ring (bicyclic) bond motifs is 1. The van der Waals surface area contributed by atoms with Crippen molar-refractivity contribution in [2.45, 2.75) is 13.8 Å². The molecule has 2 amide bonds. The molecular formula is C24H25N3O4S. The maximum Gasteiger partial charge on any atom is 0.276 e. The number of hydrogen-bond donors (Lipinski definition) is 3. The summed E-state index contributed by atoms with van der Waals surface area (Å²) in [6.45, 7) is 4.43. The molecule has 0 fully saturated rings. The summed E-state index contributed by atoms with van der Waals surface area (Å²) in [5.74, 6) is 0.715. The number of rotatable bonds is 7. The maximum absolute atomic E-state index is 12.4. The van der Waals surface area contributed by atoms with Gasteiger partial charge in [0.15, 0.2) is 11.7 Å². The molecule has 3 aromatic rings. The van der Waals surface area contributed by atoms with Crippen molar-refractivity contribution in [1.82, 2.24) is 16.2 Å². The van der Waals surface area contributed by atoms with Crippen molar-refractivity contribution < 1.29 is 19.1 Å². The van der Waals surface area contributed by atoms with Gasteiger partial charge in [-0.3, -0.25) is 25.8 Å². The molecule has 0 aromatic heterocycles. The Bertz CT molecular complexity index is 1110. The summed E-state index contributed by atoms with van der Waals surface area (Å²) in [5.41, 5.74) is 5.30. The van der Waals surface area contributed by atoms with Crippen LogP contribution in [0, 0.1) is 5.92 Å². The quantitative estimate of drug-likeness (QED) is 0.376. The number of benzene rings is 3. The molecule has 3 N–H and O–H groups in total. The fourth-order valence-electron chi connectivity index (χ4n) is 2.82. The Morgan fingerprint density at radius 1 is 0.938 bits per heavy atom. The van der Waals surface area contributed by atoms with Crippen LogP contribution in [0.5, 0.6) is 11.5 Å². The number of nitrogens with one attached hydrogen (secondary N) is 3. The topological polar surface area (TPSA) is 88.7 Å². The molecule has 3 aromatic carbocycles. The molecule has 0 aliphatic heterocycles. The van der Waals surface area contributed by atoms with Gasteiger partial charge in [0.25, 0.3) is 11.8 Å². The first-order chi connectivity index (χ1) is 15.4. The van der Waals surface area contributed by atoms with E-state index in [4.69, 9.17) is 21.7 Å². The van der Waals surface area contributed by atoms with Crippen LogP contribution in [0.3, 0.4) is 0 Å². The molecule has 3 rings (SSSR count). The Balaban J connectivity index is 1.45. The zero-order chi connectivity index (χ0) is 22.9. The standard InChI is InChI=1S/C24H25N3O4S/c1-16(2)14-30-19-10-5-9-18(13-19)23(29)25-24(32)27-26-22(28)15-31-21-12-6-8-17-7-3-4-11-20(17)21/h3-13,16H,14-15H2,1-2H3,(H,26,28)(H2,25,27,29,32). The third kappa shape index (κ3) is 6.68. The Morgan fingerprint density at radius 2 is 1.69 bits per heavy atom. The molecule has 8 heteroatoms. The van der Waals surface area contributed by atoms with E-state index in [2.05, 4.69) is 16.2 Å². The summed E-state index contributed by atoms with van der Waals surface area (Å²) in [5, 5.41) is 4.41. The lowest BCUT2D eigenvalue weighted by Gasteiger charge is -2.13. The van der Waals surface area contributed by atoms with Crippen LogP contribution < -0.4 is 25.6 Å². The highest BCUT2D eigenvalue weighted by Gasteiger charge is 2.11. The Morgan fingerprint density at radius 3 is 2.50 bits per heavy atom. The van der Waals surface area contributed by atoms with Crippen LogP contribution in [-0.2, 0) is 4.79 Å². The molecule has 166 valence electrons. The van der Waals surface area contributed by atoms with Crippen molar-refractivity contribution in [3.05, 3.63) is 72.3 Å². The van der Waals surface area contributed by atoms with Crippen molar-refractivity contribution >= 4 is 39.9 Å². The van der Waals surface area contributed by atoms with Crippen molar-refractivity contribution in [2.75, 3.05) is 13.2 Å². The lowest BCUT2D eigenvalue weighted by Crippen LogP contribution is -2.49. The third-order valence-electron chi connectivity index (χ3n) is 4.33. The van der Waals surface area contributed by atoms with Crippen LogP contribution in [0.1, 0.15) is 24.2 Å². The van der Waals surface area contributed by atoms with Gasteiger partial charge in [-0.1, -0.05) is 56.3 Å². The highest BCUT2D eigenvalue weighted by Crippen LogP contribution is 2.24. The monoisotopic (exact) mass is 451 g/mol. The van der Waals surface area contributed by atoms with E-state index in [1.807, 2.05) is 50.2 Å². The minimum atomic E-state index is -0.446. The van der Waals surface area contributed by atoms with Crippen LogP contribution in [-0.4, -0.2) is 30.1 Å². The minimum absolute atomic E-state index is 0.0398. The molecule has 0 aliphatic carbocycles. The number of thiocarbonyl (C=S) groups is 1. The molecule has 0 unspecified atom stereocenters. The average molecular weight is 452 g/mol. The molecule has 0 spiro atoms. The predicted molar refractivity (Wildman–Crippen MR) is 128 cm³/mol. The smallest absolute Gasteiger partial charge is 0.276 e. The first-order valence-electron chi connectivity index (χ1n) is 10.2. The van der Waals surface area contributed by atoms with Gasteiger partial charge >= 0.3 is 0 Å². The van der Waals surface area contributed by atoms with E-state index >= 15 is 0 Å². The maximum atomic E-state index is 12.4. The molecule has 0 heterocycles. The fourth-order valence-corrected chi connectivity index (χ4v) is 2.97. The molecule has 0 aliphatic rings. The minimum Gasteiger partial charge on any atom is -0.493 e. The lowest BCUT2D eigenvalue weighted by molar-refractivity contribution is -0.123. The van der Waals surface area contributed by atoms with Crippen LogP contribution in [0.2, 0.25) is 0 Å². The summed E-state index contributed by atoms with van der Waals surface area (Å²) >= 11 is 5.08. The lowest BCUT2D eigenvalue weighted by atomic mass is 10.1. The molecule has 32 heavy (non-hydrogen) atoms. The van der Waals surface area contributed by atoms with Crippen molar-refractivity contribution in [2.24, 2.45) is 5.92 Å². The SMILES string of the molecule is CC(C)COc1cccc(C(=O)NC(=S)NNC(=O)COc2cccc3ccccc23)c1. The van der Waals surface area contributed by atoms with Crippen LogP contribution in [0.25, 0.3) is 10.8 Å². The Labute approximate surface area is 192 Å². The van der Waals surface area contributed by atoms with Crippen molar-refractivity contribution in [3.8, 4) is 11.5 Å². The third-order valence-corrected chi connectivity index (χ3v) is 4.53. The van der Waals surface area contributed by atoms with Crippen LogP contribution >= 0.6 is 12.2 Å². The van der Waals surface area contributed by atoms with Gasteiger partial charge in [0.2, 0.25) is 0 Å². The normalized spacial score (nSPS) is 10.5. The van der Waals surface area contributed by atoms with Gasteiger partial charge in [-0.15, -0.1) is 0 Å². The summed E-state index contributed by atoms with van der Waals surface area (Å²) in [6, 6.07) is 20.2. The van der Waals surface area contributed by atoms with Crippen molar-refractivity contribution in [1.29, 1.82) is 0 Å². The second kappa shape index (κ2) is 11.1. The highest BCUT2D eigenvalue weighted by atomic mass is 32.1. The molecular weight excluding hydrogens is 426 g/mol. The molecule has 0 saturated carbocycles. The molecule has 0 saturated heterocycles. The average Bonchev–Trinajstić information content (AvgIpc) is 2.80. The van der Waals surface area contributed by atoms with Crippen LogP contribution in [0.4, 0.5) is 0 Å². The van der Waals surface area contributed by atoms with E-state index in [9.17, 15) is 9.59 Å². The molecule has 7 nitrogen and oxygen atoms in total. The van der Waals surface area contributed by atoms with Gasteiger partial charge in [-0.25, -0.2) is 0 Å². The second-order valence-electron chi connectivity index (χ2n) is 7.46. The summed E-state index contributed by atoms with van der Waals surface area (Å²) < 4.78 is 11.3. The first kappa shape index (κ1) is 23.0.